The maximum atomic E-state index is 11.4. The minimum absolute atomic E-state index is 0.134. The lowest BCUT2D eigenvalue weighted by Crippen LogP contribution is -2.07. The Morgan fingerprint density at radius 2 is 1.09 bits per heavy atom. The second-order valence-corrected chi connectivity index (χ2v) is 4.48. The van der Waals surface area contributed by atoms with E-state index >= 15 is 0 Å². The van der Waals surface area contributed by atoms with Crippen molar-refractivity contribution in [1.82, 2.24) is 0 Å². The first kappa shape index (κ1) is 20.1. The van der Waals surface area contributed by atoms with Gasteiger partial charge in [-0.3, -0.25) is 14.4 Å². The molecule has 22 heavy (non-hydrogen) atoms. The second kappa shape index (κ2) is 12.9. The highest BCUT2D eigenvalue weighted by Gasteiger charge is 2.09. The highest BCUT2D eigenvalue weighted by atomic mass is 16.5. The molecule has 0 aliphatic carbocycles. The third kappa shape index (κ3) is 10.9. The van der Waals surface area contributed by atoms with E-state index in [0.29, 0.717) is 32.7 Å². The summed E-state index contributed by atoms with van der Waals surface area (Å²) in [7, 11) is 0. The van der Waals surface area contributed by atoms with Gasteiger partial charge in [0, 0.05) is 12.8 Å². The number of hydrogen-bond donors (Lipinski definition) is 0. The number of ether oxygens (including phenoxy) is 3. The fourth-order valence-corrected chi connectivity index (χ4v) is 1.77. The van der Waals surface area contributed by atoms with E-state index in [1.54, 1.807) is 26.8 Å². The molecular weight excluding hydrogens is 288 g/mol. The van der Waals surface area contributed by atoms with Gasteiger partial charge in [-0.15, -0.1) is 0 Å². The molecule has 0 aliphatic rings. The summed E-state index contributed by atoms with van der Waals surface area (Å²) in [6.45, 7) is 6.23. The fraction of sp³-hybridized carbons (Fsp3) is 0.688. The van der Waals surface area contributed by atoms with Crippen LogP contribution in [0.4, 0.5) is 0 Å². The summed E-state index contributed by atoms with van der Waals surface area (Å²) in [5.74, 6) is -0.909. The van der Waals surface area contributed by atoms with Crippen molar-refractivity contribution in [2.24, 2.45) is 0 Å². The van der Waals surface area contributed by atoms with Gasteiger partial charge in [-0.25, -0.2) is 0 Å². The highest BCUT2D eigenvalue weighted by molar-refractivity contribution is 5.72. The molecule has 0 rings (SSSR count). The third-order valence-corrected chi connectivity index (χ3v) is 2.77. The summed E-state index contributed by atoms with van der Waals surface area (Å²) in [5.41, 5.74) is 0.856. The molecule has 6 nitrogen and oxygen atoms in total. The smallest absolute Gasteiger partial charge is 0.309 e. The monoisotopic (exact) mass is 314 g/mol. The average Bonchev–Trinajstić information content (AvgIpc) is 2.47. The van der Waals surface area contributed by atoms with Gasteiger partial charge in [0.1, 0.15) is 0 Å². The van der Waals surface area contributed by atoms with Crippen molar-refractivity contribution >= 4 is 17.9 Å². The Balaban J connectivity index is 4.47. The summed E-state index contributed by atoms with van der Waals surface area (Å²) < 4.78 is 14.6. The lowest BCUT2D eigenvalue weighted by molar-refractivity contribution is -0.143. The van der Waals surface area contributed by atoms with Crippen LogP contribution >= 0.6 is 0 Å². The van der Waals surface area contributed by atoms with E-state index in [1.165, 1.54) is 0 Å². The van der Waals surface area contributed by atoms with E-state index in [4.69, 9.17) is 14.2 Å². The molecular formula is C16H26O6. The van der Waals surface area contributed by atoms with E-state index < -0.39 is 0 Å². The van der Waals surface area contributed by atoms with Crippen LogP contribution in [-0.4, -0.2) is 37.7 Å². The molecule has 0 aromatic carbocycles. The van der Waals surface area contributed by atoms with Crippen LogP contribution in [0, 0.1) is 0 Å². The SMILES string of the molecule is CCOC(=O)CC=C(CCC(=O)OCC)CCC(=O)OCC. The minimum atomic E-state index is -0.327. The molecule has 0 saturated carbocycles. The van der Waals surface area contributed by atoms with Crippen LogP contribution in [0.25, 0.3) is 0 Å². The Labute approximate surface area is 131 Å². The topological polar surface area (TPSA) is 78.9 Å². The number of carbonyl (C=O) groups is 3. The number of allylic oxidation sites excluding steroid dienone is 1. The van der Waals surface area contributed by atoms with Crippen molar-refractivity contribution in [2.45, 2.75) is 52.9 Å². The van der Waals surface area contributed by atoms with Gasteiger partial charge in [0.25, 0.3) is 0 Å². The van der Waals surface area contributed by atoms with Crippen LogP contribution in [0.2, 0.25) is 0 Å². The molecule has 0 aromatic rings. The van der Waals surface area contributed by atoms with E-state index in [-0.39, 0.29) is 37.2 Å². The van der Waals surface area contributed by atoms with Gasteiger partial charge >= 0.3 is 17.9 Å². The number of carbonyl (C=O) groups excluding carboxylic acids is 3. The molecule has 0 saturated heterocycles. The summed E-state index contributed by atoms with van der Waals surface area (Å²) in [6, 6.07) is 0. The van der Waals surface area contributed by atoms with Gasteiger partial charge in [0.2, 0.25) is 0 Å². The molecule has 0 unspecified atom stereocenters. The van der Waals surface area contributed by atoms with Gasteiger partial charge in [-0.1, -0.05) is 11.6 Å². The van der Waals surface area contributed by atoms with Crippen molar-refractivity contribution in [1.29, 1.82) is 0 Å². The van der Waals surface area contributed by atoms with Crippen LogP contribution in [-0.2, 0) is 28.6 Å². The van der Waals surface area contributed by atoms with Crippen LogP contribution in [0.5, 0.6) is 0 Å². The van der Waals surface area contributed by atoms with E-state index in [9.17, 15) is 14.4 Å². The second-order valence-electron chi connectivity index (χ2n) is 4.48. The maximum absolute atomic E-state index is 11.4. The minimum Gasteiger partial charge on any atom is -0.466 e. The van der Waals surface area contributed by atoms with Gasteiger partial charge in [-0.2, -0.15) is 0 Å². The zero-order valence-electron chi connectivity index (χ0n) is 13.7. The first-order valence-corrected chi connectivity index (χ1v) is 7.68. The van der Waals surface area contributed by atoms with E-state index in [0.717, 1.165) is 5.57 Å². The summed E-state index contributed by atoms with van der Waals surface area (Å²) in [5, 5.41) is 0. The van der Waals surface area contributed by atoms with Gasteiger partial charge in [-0.05, 0) is 33.6 Å². The number of hydrogen-bond acceptors (Lipinski definition) is 6. The zero-order valence-corrected chi connectivity index (χ0v) is 13.7. The molecule has 126 valence electrons. The molecule has 0 atom stereocenters. The maximum Gasteiger partial charge on any atom is 0.309 e. The Morgan fingerprint density at radius 1 is 0.682 bits per heavy atom. The predicted molar refractivity (Wildman–Crippen MR) is 81.1 cm³/mol. The molecule has 0 N–H and O–H groups in total. The molecule has 0 spiro atoms. The Kier molecular flexibility index (Phi) is 11.8. The molecule has 0 fully saturated rings. The van der Waals surface area contributed by atoms with Crippen molar-refractivity contribution in [2.75, 3.05) is 19.8 Å². The quantitative estimate of drug-likeness (QED) is 0.331. The van der Waals surface area contributed by atoms with Crippen molar-refractivity contribution in [3.05, 3.63) is 11.6 Å². The van der Waals surface area contributed by atoms with Gasteiger partial charge < -0.3 is 14.2 Å². The van der Waals surface area contributed by atoms with E-state index in [2.05, 4.69) is 0 Å². The van der Waals surface area contributed by atoms with Crippen molar-refractivity contribution in [3.63, 3.8) is 0 Å². The molecule has 0 aliphatic heterocycles. The Morgan fingerprint density at radius 3 is 1.50 bits per heavy atom. The molecule has 0 amide bonds. The molecule has 0 heterocycles. The first-order chi connectivity index (χ1) is 10.5. The Hall–Kier alpha value is -1.85. The van der Waals surface area contributed by atoms with Crippen molar-refractivity contribution in [3.8, 4) is 0 Å². The van der Waals surface area contributed by atoms with Gasteiger partial charge in [0.05, 0.1) is 26.2 Å². The normalized spacial score (nSPS) is 9.77. The fourth-order valence-electron chi connectivity index (χ4n) is 1.77. The van der Waals surface area contributed by atoms with Crippen molar-refractivity contribution < 1.29 is 28.6 Å². The lowest BCUT2D eigenvalue weighted by atomic mass is 10.0. The van der Waals surface area contributed by atoms with Crippen LogP contribution in [0.3, 0.4) is 0 Å². The molecule has 0 bridgehead atoms. The lowest BCUT2D eigenvalue weighted by Gasteiger charge is -2.08. The third-order valence-electron chi connectivity index (χ3n) is 2.77. The highest BCUT2D eigenvalue weighted by Crippen LogP contribution is 2.15. The Bertz CT molecular complexity index is 362. The standard InChI is InChI=1S/C16H26O6/c1-4-20-14(17)10-7-13(8-11-15(18)21-5-2)9-12-16(19)22-6-3/h7H,4-6,8-12H2,1-3H3. The zero-order chi connectivity index (χ0) is 16.8. The summed E-state index contributed by atoms with van der Waals surface area (Å²) in [4.78, 5) is 34.2. The van der Waals surface area contributed by atoms with Crippen LogP contribution in [0.15, 0.2) is 11.6 Å². The summed E-state index contributed by atoms with van der Waals surface area (Å²) in [6.07, 6.45) is 3.22. The van der Waals surface area contributed by atoms with Crippen LogP contribution in [0.1, 0.15) is 52.9 Å². The largest absolute Gasteiger partial charge is 0.466 e. The summed E-state index contributed by atoms with van der Waals surface area (Å²) >= 11 is 0. The molecule has 0 aromatic heterocycles. The van der Waals surface area contributed by atoms with Gasteiger partial charge in [0.15, 0.2) is 0 Å². The predicted octanol–water partition coefficient (Wildman–Crippen LogP) is 2.55. The molecule has 0 radical (unpaired) electrons. The number of rotatable bonds is 11. The van der Waals surface area contributed by atoms with Crippen LogP contribution < -0.4 is 0 Å². The first-order valence-electron chi connectivity index (χ1n) is 7.68. The number of esters is 3. The van der Waals surface area contributed by atoms with E-state index in [1.807, 2.05) is 0 Å². The average molecular weight is 314 g/mol. The molecule has 6 heteroatoms.